The zero-order chi connectivity index (χ0) is 10.7. The van der Waals surface area contributed by atoms with Crippen LogP contribution in [0.5, 0.6) is 5.75 Å². The normalized spacial score (nSPS) is 9.71. The molecule has 0 unspecified atom stereocenters. The van der Waals surface area contributed by atoms with Gasteiger partial charge >= 0.3 is 5.97 Å². The molecule has 0 heterocycles. The van der Waals surface area contributed by atoms with Crippen molar-refractivity contribution in [3.05, 3.63) is 27.1 Å². The maximum atomic E-state index is 13.5. The molecule has 0 spiro atoms. The van der Waals surface area contributed by atoms with E-state index in [1.165, 1.54) is 26.4 Å². The predicted octanol–water partition coefficient (Wildman–Crippen LogP) is 2.23. The van der Waals surface area contributed by atoms with Gasteiger partial charge in [-0.05, 0) is 34.7 Å². The minimum Gasteiger partial charge on any atom is -0.496 e. The Balaban J connectivity index is 3.35. The summed E-state index contributed by atoms with van der Waals surface area (Å²) in [7, 11) is 2.56. The molecule has 0 saturated heterocycles. The molecule has 0 aromatic heterocycles. The quantitative estimate of drug-likeness (QED) is 0.621. The number of esters is 1. The second-order valence-corrected chi connectivity index (χ2v) is 3.59. The third kappa shape index (κ3) is 1.97. The van der Waals surface area contributed by atoms with Crippen LogP contribution in [0.4, 0.5) is 4.39 Å². The Labute approximate surface area is 94.3 Å². The average Bonchev–Trinajstić information content (AvgIpc) is 2.20. The minimum atomic E-state index is -0.738. The fourth-order valence-electron chi connectivity index (χ4n) is 0.995. The molecule has 14 heavy (non-hydrogen) atoms. The van der Waals surface area contributed by atoms with Crippen LogP contribution in [-0.4, -0.2) is 20.2 Å². The molecule has 0 fully saturated rings. The largest absolute Gasteiger partial charge is 0.496 e. The Hall–Kier alpha value is -0.850. The van der Waals surface area contributed by atoms with Crippen LogP contribution >= 0.6 is 22.6 Å². The lowest BCUT2D eigenvalue weighted by Gasteiger charge is -2.08. The Morgan fingerprint density at radius 1 is 1.43 bits per heavy atom. The van der Waals surface area contributed by atoms with Gasteiger partial charge in [0.05, 0.1) is 14.2 Å². The number of rotatable bonds is 2. The fraction of sp³-hybridized carbons (Fsp3) is 0.222. The number of hydrogen-bond donors (Lipinski definition) is 0. The van der Waals surface area contributed by atoms with Crippen molar-refractivity contribution < 1.29 is 18.7 Å². The van der Waals surface area contributed by atoms with Crippen molar-refractivity contribution in [3.63, 3.8) is 0 Å². The van der Waals surface area contributed by atoms with E-state index in [9.17, 15) is 9.18 Å². The second-order valence-electron chi connectivity index (χ2n) is 2.43. The molecule has 0 bridgehead atoms. The summed E-state index contributed by atoms with van der Waals surface area (Å²) in [5, 5.41) is 0. The standard InChI is InChI=1S/C9H8FIO3/c1-13-6-4-3-5(11)8(10)7(6)9(12)14-2/h3-4H,1-2H3. The van der Waals surface area contributed by atoms with Crippen LogP contribution in [0, 0.1) is 9.39 Å². The molecule has 5 heteroatoms. The first-order chi connectivity index (χ1) is 6.61. The number of ether oxygens (including phenoxy) is 2. The van der Waals surface area contributed by atoms with Crippen LogP contribution in [0.25, 0.3) is 0 Å². The van der Waals surface area contributed by atoms with Gasteiger partial charge in [0.2, 0.25) is 0 Å². The molecule has 1 aromatic rings. The molecule has 0 radical (unpaired) electrons. The van der Waals surface area contributed by atoms with Gasteiger partial charge in [0, 0.05) is 3.57 Å². The van der Waals surface area contributed by atoms with Crippen molar-refractivity contribution in [2.75, 3.05) is 14.2 Å². The van der Waals surface area contributed by atoms with E-state index in [4.69, 9.17) is 4.74 Å². The molecule has 0 saturated carbocycles. The summed E-state index contributed by atoms with van der Waals surface area (Å²) in [6.45, 7) is 0. The van der Waals surface area contributed by atoms with Gasteiger partial charge < -0.3 is 9.47 Å². The van der Waals surface area contributed by atoms with Gasteiger partial charge in [0.25, 0.3) is 0 Å². The first kappa shape index (κ1) is 11.2. The lowest BCUT2D eigenvalue weighted by molar-refractivity contribution is 0.0591. The summed E-state index contributed by atoms with van der Waals surface area (Å²) < 4.78 is 23.2. The Kier molecular flexibility index (Phi) is 3.68. The van der Waals surface area contributed by atoms with Crippen molar-refractivity contribution in [2.24, 2.45) is 0 Å². The van der Waals surface area contributed by atoms with Crippen LogP contribution < -0.4 is 4.74 Å². The smallest absolute Gasteiger partial charge is 0.344 e. The van der Waals surface area contributed by atoms with E-state index in [-0.39, 0.29) is 11.3 Å². The highest BCUT2D eigenvalue weighted by Gasteiger charge is 2.20. The van der Waals surface area contributed by atoms with E-state index >= 15 is 0 Å². The molecular formula is C9H8FIO3. The predicted molar refractivity (Wildman–Crippen MR) is 57.0 cm³/mol. The van der Waals surface area contributed by atoms with Gasteiger partial charge in [0.15, 0.2) is 5.82 Å². The second kappa shape index (κ2) is 4.59. The molecular weight excluding hydrogens is 302 g/mol. The van der Waals surface area contributed by atoms with Crippen LogP contribution in [-0.2, 0) is 4.74 Å². The van der Waals surface area contributed by atoms with E-state index in [0.717, 1.165) is 0 Å². The van der Waals surface area contributed by atoms with Crippen molar-refractivity contribution in [1.82, 2.24) is 0 Å². The minimum absolute atomic E-state index is 0.165. The van der Waals surface area contributed by atoms with Crippen molar-refractivity contribution in [2.45, 2.75) is 0 Å². The molecule has 0 amide bonds. The average molecular weight is 310 g/mol. The number of methoxy groups -OCH3 is 2. The molecule has 0 aliphatic carbocycles. The molecule has 1 aromatic carbocycles. The monoisotopic (exact) mass is 310 g/mol. The molecule has 0 atom stereocenters. The zero-order valence-corrected chi connectivity index (χ0v) is 9.79. The first-order valence-corrected chi connectivity index (χ1v) is 4.80. The topological polar surface area (TPSA) is 35.5 Å². The van der Waals surface area contributed by atoms with Gasteiger partial charge in [-0.15, -0.1) is 0 Å². The number of halogens is 2. The molecule has 0 N–H and O–H groups in total. The van der Waals surface area contributed by atoms with E-state index in [1.54, 1.807) is 22.6 Å². The number of carbonyl (C=O) groups excluding carboxylic acids is 1. The van der Waals surface area contributed by atoms with Gasteiger partial charge in [-0.3, -0.25) is 0 Å². The fourth-order valence-corrected chi connectivity index (χ4v) is 1.44. The molecule has 76 valence electrons. The number of hydrogen-bond acceptors (Lipinski definition) is 3. The van der Waals surface area contributed by atoms with Crippen LogP contribution in [0.1, 0.15) is 10.4 Å². The molecule has 0 aliphatic rings. The number of benzene rings is 1. The third-order valence-corrected chi connectivity index (χ3v) is 2.50. The Bertz CT molecular complexity index is 365. The summed E-state index contributed by atoms with van der Waals surface area (Å²) in [6.07, 6.45) is 0. The highest BCUT2D eigenvalue weighted by Crippen LogP contribution is 2.25. The summed E-state index contributed by atoms with van der Waals surface area (Å²) in [6, 6.07) is 3.05. The summed E-state index contributed by atoms with van der Waals surface area (Å²) >= 11 is 1.79. The van der Waals surface area contributed by atoms with Gasteiger partial charge in [-0.2, -0.15) is 0 Å². The van der Waals surface area contributed by atoms with E-state index in [1.807, 2.05) is 0 Å². The summed E-state index contributed by atoms with van der Waals surface area (Å²) in [5.74, 6) is -1.18. The molecule has 3 nitrogen and oxygen atoms in total. The first-order valence-electron chi connectivity index (χ1n) is 3.72. The van der Waals surface area contributed by atoms with Crippen molar-refractivity contribution in [3.8, 4) is 5.75 Å². The van der Waals surface area contributed by atoms with E-state index < -0.39 is 11.8 Å². The highest BCUT2D eigenvalue weighted by atomic mass is 127. The van der Waals surface area contributed by atoms with Crippen LogP contribution in [0.3, 0.4) is 0 Å². The van der Waals surface area contributed by atoms with Gasteiger partial charge in [-0.25, -0.2) is 9.18 Å². The van der Waals surface area contributed by atoms with E-state index in [0.29, 0.717) is 3.57 Å². The summed E-state index contributed by atoms with van der Waals surface area (Å²) in [4.78, 5) is 11.2. The zero-order valence-electron chi connectivity index (χ0n) is 7.64. The van der Waals surface area contributed by atoms with Gasteiger partial charge in [-0.1, -0.05) is 0 Å². The van der Waals surface area contributed by atoms with Crippen LogP contribution in [0.15, 0.2) is 12.1 Å². The summed E-state index contributed by atoms with van der Waals surface area (Å²) in [5.41, 5.74) is -0.165. The maximum absolute atomic E-state index is 13.5. The molecule has 1 rings (SSSR count). The lowest BCUT2D eigenvalue weighted by Crippen LogP contribution is -2.08. The Morgan fingerprint density at radius 3 is 2.57 bits per heavy atom. The number of carbonyl (C=O) groups is 1. The van der Waals surface area contributed by atoms with E-state index in [2.05, 4.69) is 4.74 Å². The van der Waals surface area contributed by atoms with Crippen molar-refractivity contribution in [1.29, 1.82) is 0 Å². The third-order valence-electron chi connectivity index (χ3n) is 1.67. The van der Waals surface area contributed by atoms with Gasteiger partial charge in [0.1, 0.15) is 11.3 Å². The Morgan fingerprint density at radius 2 is 2.07 bits per heavy atom. The molecule has 0 aliphatic heterocycles. The highest BCUT2D eigenvalue weighted by molar-refractivity contribution is 14.1. The SMILES string of the molecule is COC(=O)c1c(OC)ccc(I)c1F. The van der Waals surface area contributed by atoms with Crippen molar-refractivity contribution >= 4 is 28.6 Å². The van der Waals surface area contributed by atoms with Crippen LogP contribution in [0.2, 0.25) is 0 Å². The lowest BCUT2D eigenvalue weighted by atomic mass is 10.2. The maximum Gasteiger partial charge on any atom is 0.344 e.